The molecule has 3 nitrogen and oxygen atoms in total. The maximum Gasteiger partial charge on any atom is 0.163 e. The van der Waals surface area contributed by atoms with E-state index in [1.807, 2.05) is 24.3 Å². The van der Waals surface area contributed by atoms with E-state index in [1.165, 1.54) is 50.1 Å². The van der Waals surface area contributed by atoms with Crippen molar-refractivity contribution in [3.63, 3.8) is 0 Å². The van der Waals surface area contributed by atoms with Crippen molar-refractivity contribution in [1.29, 1.82) is 0 Å². The zero-order valence-electron chi connectivity index (χ0n) is 30.7. The van der Waals surface area contributed by atoms with Gasteiger partial charge in [-0.15, -0.1) is 0 Å². The second kappa shape index (κ2) is 12.0. The summed E-state index contributed by atoms with van der Waals surface area (Å²) in [6, 6.07) is 65.7. The first-order valence-corrected chi connectivity index (χ1v) is 18.8. The van der Waals surface area contributed by atoms with E-state index in [0.717, 1.165) is 22.5 Å². The summed E-state index contributed by atoms with van der Waals surface area (Å²) in [5.41, 5.74) is 12.9. The molecule has 0 radical (unpaired) electrons. The highest BCUT2D eigenvalue weighted by Gasteiger charge is 2.61. The lowest BCUT2D eigenvalue weighted by molar-refractivity contribution is 0.532. The molecule has 0 unspecified atom stereocenters. The second-order valence-corrected chi connectivity index (χ2v) is 15.6. The van der Waals surface area contributed by atoms with Gasteiger partial charge >= 0.3 is 0 Å². The fraction of sp³-hybridized carbons (Fsp3) is 0.118. The van der Waals surface area contributed by atoms with Crippen molar-refractivity contribution < 1.29 is 0 Å². The zero-order chi connectivity index (χ0) is 36.5. The molecule has 8 aromatic rings. The van der Waals surface area contributed by atoms with Gasteiger partial charge in [0.05, 0.1) is 5.41 Å². The predicted molar refractivity (Wildman–Crippen MR) is 219 cm³/mol. The average molecular weight is 694 g/mol. The third-order valence-electron chi connectivity index (χ3n) is 11.6. The van der Waals surface area contributed by atoms with Crippen LogP contribution in [-0.4, -0.2) is 15.0 Å². The molecular weight excluding hydrogens is 655 g/mol. The molecule has 2 bridgehead atoms. The Morgan fingerprint density at radius 1 is 0.352 bits per heavy atom. The molecule has 0 spiro atoms. The van der Waals surface area contributed by atoms with Gasteiger partial charge in [0, 0.05) is 11.1 Å². The predicted octanol–water partition coefficient (Wildman–Crippen LogP) is 11.6. The van der Waals surface area contributed by atoms with Crippen LogP contribution in [0.25, 0.3) is 33.9 Å². The van der Waals surface area contributed by atoms with Crippen molar-refractivity contribution in [2.75, 3.05) is 0 Å². The number of nitrogens with zero attached hydrogens (tertiary/aromatic N) is 3. The van der Waals surface area contributed by atoms with Crippen LogP contribution in [0.5, 0.6) is 0 Å². The van der Waals surface area contributed by atoms with Gasteiger partial charge in [-0.05, 0) is 61.0 Å². The molecule has 1 heterocycles. The number of hydrogen-bond acceptors (Lipinski definition) is 3. The molecule has 54 heavy (non-hydrogen) atoms. The highest BCUT2D eigenvalue weighted by molar-refractivity contribution is 5.82. The van der Waals surface area contributed by atoms with Crippen molar-refractivity contribution in [3.05, 3.63) is 232 Å². The first-order valence-electron chi connectivity index (χ1n) is 18.8. The Kier molecular flexibility index (Phi) is 7.19. The summed E-state index contributed by atoms with van der Waals surface area (Å²) in [4.78, 5) is 16.2. The van der Waals surface area contributed by atoms with E-state index in [0.29, 0.717) is 11.6 Å². The van der Waals surface area contributed by atoms with E-state index in [9.17, 15) is 0 Å². The minimum absolute atomic E-state index is 0.00723. The first kappa shape index (κ1) is 32.2. The van der Waals surface area contributed by atoms with Crippen LogP contribution in [0.3, 0.4) is 0 Å². The number of rotatable bonds is 5. The Balaban J connectivity index is 1.29. The van der Waals surface area contributed by atoms with Crippen LogP contribution in [0, 0.1) is 0 Å². The lowest BCUT2D eigenvalue weighted by atomic mass is 9.45. The van der Waals surface area contributed by atoms with Gasteiger partial charge in [-0.2, -0.15) is 0 Å². The molecule has 7 aromatic carbocycles. The number of benzene rings is 7. The monoisotopic (exact) mass is 693 g/mol. The molecule has 3 heteroatoms. The van der Waals surface area contributed by atoms with Crippen molar-refractivity contribution in [1.82, 2.24) is 15.0 Å². The van der Waals surface area contributed by atoms with Crippen molar-refractivity contribution >= 4 is 0 Å². The van der Waals surface area contributed by atoms with Gasteiger partial charge in [-0.3, -0.25) is 0 Å². The fourth-order valence-corrected chi connectivity index (χ4v) is 9.16. The molecule has 258 valence electrons. The lowest BCUT2D eigenvalue weighted by Crippen LogP contribution is -2.52. The molecule has 0 atom stereocenters. The molecule has 3 aliphatic carbocycles. The van der Waals surface area contributed by atoms with E-state index >= 15 is 0 Å². The summed E-state index contributed by atoms with van der Waals surface area (Å²) in [5, 5.41) is 0. The summed E-state index contributed by atoms with van der Waals surface area (Å²) in [6.07, 6.45) is 0. The van der Waals surface area contributed by atoms with Gasteiger partial charge in [-0.25, -0.2) is 15.0 Å². The summed E-state index contributed by atoms with van der Waals surface area (Å²) in [7, 11) is 0. The SMILES string of the molecule is CC(C)(C)c1cccc(C23c4ccccc4C(c4nc(-c5ccccc5)nc(-c5ccc(-c6ccccc6)cc5)n4)(c4ccccc42)c2ccccc23)c1. The highest BCUT2D eigenvalue weighted by atomic mass is 15.1. The summed E-state index contributed by atoms with van der Waals surface area (Å²) in [6.45, 7) is 6.89. The molecule has 0 N–H and O–H groups in total. The largest absolute Gasteiger partial charge is 0.211 e. The minimum Gasteiger partial charge on any atom is -0.211 e. The molecule has 0 fully saturated rings. The van der Waals surface area contributed by atoms with Crippen molar-refractivity contribution in [2.24, 2.45) is 0 Å². The van der Waals surface area contributed by atoms with Crippen LogP contribution in [0.15, 0.2) is 182 Å². The normalized spacial score (nSPS) is 18.1. The molecular formula is C51H39N3. The van der Waals surface area contributed by atoms with Crippen LogP contribution in [-0.2, 0) is 16.2 Å². The zero-order valence-corrected chi connectivity index (χ0v) is 30.7. The van der Waals surface area contributed by atoms with E-state index < -0.39 is 10.8 Å². The number of aromatic nitrogens is 3. The topological polar surface area (TPSA) is 38.7 Å². The van der Waals surface area contributed by atoms with Crippen LogP contribution in [0.4, 0.5) is 0 Å². The van der Waals surface area contributed by atoms with Gasteiger partial charge in [-0.1, -0.05) is 203 Å². The van der Waals surface area contributed by atoms with Crippen molar-refractivity contribution in [3.8, 4) is 33.9 Å². The number of hydrogen-bond donors (Lipinski definition) is 0. The van der Waals surface area contributed by atoms with Crippen LogP contribution >= 0.6 is 0 Å². The van der Waals surface area contributed by atoms with Gasteiger partial charge < -0.3 is 0 Å². The maximum atomic E-state index is 5.54. The van der Waals surface area contributed by atoms with Crippen molar-refractivity contribution in [2.45, 2.75) is 37.0 Å². The Hall–Kier alpha value is -6.45. The smallest absolute Gasteiger partial charge is 0.163 e. The van der Waals surface area contributed by atoms with Gasteiger partial charge in [0.25, 0.3) is 0 Å². The second-order valence-electron chi connectivity index (χ2n) is 15.6. The third-order valence-corrected chi connectivity index (χ3v) is 11.6. The van der Waals surface area contributed by atoms with Crippen LogP contribution in [0.2, 0.25) is 0 Å². The average Bonchev–Trinajstić information content (AvgIpc) is 3.24. The molecule has 3 aliphatic rings. The summed E-state index contributed by atoms with van der Waals surface area (Å²) in [5.74, 6) is 2.04. The molecule has 0 saturated carbocycles. The van der Waals surface area contributed by atoms with E-state index in [1.54, 1.807) is 0 Å². The Morgan fingerprint density at radius 2 is 0.741 bits per heavy atom. The summed E-state index contributed by atoms with van der Waals surface area (Å²) < 4.78 is 0. The van der Waals surface area contributed by atoms with Gasteiger partial charge in [0.1, 0.15) is 5.41 Å². The standard InChI is InChI=1S/C51H39N3/c1-49(2,3)38-21-16-22-39(33-38)50-40-23-10-13-26-43(40)51(44-27-14-11-24-41(44)50,45-28-15-12-25-42(45)50)48-53-46(36-19-8-5-9-20-36)52-47(54-48)37-31-29-35(30-32-37)34-17-6-4-7-18-34/h4-33H,1-3H3. The first-order chi connectivity index (χ1) is 26.4. The third kappa shape index (κ3) is 4.58. The molecule has 0 saturated heterocycles. The van der Waals surface area contributed by atoms with E-state index in [4.69, 9.17) is 15.0 Å². The lowest BCUT2D eigenvalue weighted by Gasteiger charge is -2.56. The molecule has 1 aromatic heterocycles. The highest BCUT2D eigenvalue weighted by Crippen LogP contribution is 2.65. The Morgan fingerprint density at radius 3 is 1.22 bits per heavy atom. The molecule has 0 aliphatic heterocycles. The maximum absolute atomic E-state index is 5.54. The molecule has 11 rings (SSSR count). The summed E-state index contributed by atoms with van der Waals surface area (Å²) >= 11 is 0. The molecule has 0 amide bonds. The Labute approximate surface area is 317 Å². The van der Waals surface area contributed by atoms with Gasteiger partial charge in [0.15, 0.2) is 17.5 Å². The minimum atomic E-state index is -0.793. The van der Waals surface area contributed by atoms with E-state index in [2.05, 4.69) is 178 Å². The van der Waals surface area contributed by atoms with Crippen LogP contribution < -0.4 is 0 Å². The van der Waals surface area contributed by atoms with Crippen LogP contribution in [0.1, 0.15) is 71.1 Å². The quantitative estimate of drug-likeness (QED) is 0.180. The van der Waals surface area contributed by atoms with Gasteiger partial charge in [0.2, 0.25) is 0 Å². The van der Waals surface area contributed by atoms with E-state index in [-0.39, 0.29) is 5.41 Å². The Bertz CT molecular complexity index is 2570. The fourth-order valence-electron chi connectivity index (χ4n) is 9.16.